The number of benzene rings is 1. The van der Waals surface area contributed by atoms with Gasteiger partial charge in [0.05, 0.1) is 13.6 Å². The van der Waals surface area contributed by atoms with Gasteiger partial charge in [-0.3, -0.25) is 0 Å². The van der Waals surface area contributed by atoms with Gasteiger partial charge < -0.3 is 4.90 Å². The van der Waals surface area contributed by atoms with Crippen LogP contribution in [0.15, 0.2) is 24.3 Å². The lowest BCUT2D eigenvalue weighted by atomic mass is 10.0. The second kappa shape index (κ2) is 2.35. The molecular weight excluding hydrogens is 134 g/mol. The fraction of sp³-hybridized carbons (Fsp3) is 0.400. The first-order valence-corrected chi connectivity index (χ1v) is 4.21. The molecule has 1 heterocycles. The summed E-state index contributed by atoms with van der Waals surface area (Å²) in [6, 6.07) is 8.74. The molecule has 0 bridgehead atoms. The number of likely N-dealkylation sites (N-methyl/N-ethyl adjacent to an activating group) is 1. The molecule has 1 aromatic carbocycles. The fourth-order valence-corrected chi connectivity index (χ4v) is 1.99. The number of nitrogens with one attached hydrogen (secondary N) is 1. The number of hydrogen-bond acceptors (Lipinski definition) is 0. The van der Waals surface area contributed by atoms with E-state index in [9.17, 15) is 0 Å². The van der Waals surface area contributed by atoms with Crippen molar-refractivity contribution in [2.75, 3.05) is 13.6 Å². The zero-order chi connectivity index (χ0) is 7.84. The second-order valence-corrected chi connectivity index (χ2v) is 3.47. The highest BCUT2D eigenvalue weighted by Gasteiger charge is 2.26. The Morgan fingerprint density at radius 2 is 2.09 bits per heavy atom. The maximum absolute atomic E-state index is 2.30. The van der Waals surface area contributed by atoms with Crippen LogP contribution in [0, 0.1) is 0 Å². The third-order valence-electron chi connectivity index (χ3n) is 2.56. The smallest absolute Gasteiger partial charge is 0.134 e. The van der Waals surface area contributed by atoms with Gasteiger partial charge in [-0.2, -0.15) is 0 Å². The molecule has 2 rings (SSSR count). The van der Waals surface area contributed by atoms with E-state index in [-0.39, 0.29) is 0 Å². The SMILES string of the molecule is CC1C[NH+](C)c2ccccc21. The summed E-state index contributed by atoms with van der Waals surface area (Å²) in [5.41, 5.74) is 3.02. The summed E-state index contributed by atoms with van der Waals surface area (Å²) in [4.78, 5) is 1.55. The van der Waals surface area contributed by atoms with Crippen LogP contribution in [-0.4, -0.2) is 13.6 Å². The molecule has 0 amide bonds. The molecule has 1 aliphatic rings. The Morgan fingerprint density at radius 1 is 1.36 bits per heavy atom. The molecule has 11 heavy (non-hydrogen) atoms. The van der Waals surface area contributed by atoms with Crippen LogP contribution < -0.4 is 4.90 Å². The zero-order valence-corrected chi connectivity index (χ0v) is 7.09. The Hall–Kier alpha value is -0.820. The average molecular weight is 148 g/mol. The van der Waals surface area contributed by atoms with Crippen molar-refractivity contribution in [3.05, 3.63) is 29.8 Å². The molecule has 0 fully saturated rings. The average Bonchev–Trinajstić information content (AvgIpc) is 2.30. The molecule has 0 aliphatic carbocycles. The fourth-order valence-electron chi connectivity index (χ4n) is 1.99. The Kier molecular flexibility index (Phi) is 1.46. The third-order valence-corrected chi connectivity index (χ3v) is 2.56. The van der Waals surface area contributed by atoms with E-state index < -0.39 is 0 Å². The van der Waals surface area contributed by atoms with Gasteiger partial charge in [0.15, 0.2) is 0 Å². The summed E-state index contributed by atoms with van der Waals surface area (Å²) in [7, 11) is 2.24. The molecule has 2 unspecified atom stereocenters. The molecule has 1 N–H and O–H groups in total. The van der Waals surface area contributed by atoms with Crippen LogP contribution in [0.2, 0.25) is 0 Å². The van der Waals surface area contributed by atoms with Crippen LogP contribution >= 0.6 is 0 Å². The topological polar surface area (TPSA) is 4.44 Å². The molecule has 1 aromatic rings. The van der Waals surface area contributed by atoms with Crippen molar-refractivity contribution in [1.82, 2.24) is 0 Å². The Labute approximate surface area is 67.6 Å². The van der Waals surface area contributed by atoms with Gasteiger partial charge in [-0.25, -0.2) is 0 Å². The molecule has 1 aliphatic heterocycles. The van der Waals surface area contributed by atoms with E-state index in [1.807, 2.05) is 0 Å². The van der Waals surface area contributed by atoms with Crippen molar-refractivity contribution >= 4 is 5.69 Å². The van der Waals surface area contributed by atoms with Crippen LogP contribution in [0.4, 0.5) is 5.69 Å². The van der Waals surface area contributed by atoms with Crippen LogP contribution in [0.5, 0.6) is 0 Å². The maximum Gasteiger partial charge on any atom is 0.134 e. The van der Waals surface area contributed by atoms with E-state index in [0.717, 1.165) is 5.92 Å². The minimum Gasteiger partial charge on any atom is -0.304 e. The monoisotopic (exact) mass is 148 g/mol. The Bertz CT molecular complexity index is 240. The van der Waals surface area contributed by atoms with Crippen LogP contribution in [0.1, 0.15) is 18.4 Å². The molecular formula is C10H14N+. The number of quaternary nitrogens is 1. The first-order chi connectivity index (χ1) is 5.29. The van der Waals surface area contributed by atoms with Gasteiger partial charge in [-0.05, 0) is 6.07 Å². The van der Waals surface area contributed by atoms with E-state index in [1.165, 1.54) is 17.8 Å². The van der Waals surface area contributed by atoms with E-state index >= 15 is 0 Å². The standard InChI is InChI=1S/C10H13N/c1-8-7-11(2)10-6-4-3-5-9(8)10/h3-6,8H,7H2,1-2H3/p+1. The van der Waals surface area contributed by atoms with Gasteiger partial charge in [-0.1, -0.05) is 25.1 Å². The summed E-state index contributed by atoms with van der Waals surface area (Å²) in [6.07, 6.45) is 0. The molecule has 0 aromatic heterocycles. The van der Waals surface area contributed by atoms with Gasteiger partial charge >= 0.3 is 0 Å². The largest absolute Gasteiger partial charge is 0.304 e. The molecule has 0 radical (unpaired) electrons. The summed E-state index contributed by atoms with van der Waals surface area (Å²) in [5.74, 6) is 0.742. The molecule has 0 saturated carbocycles. The van der Waals surface area contributed by atoms with E-state index in [4.69, 9.17) is 0 Å². The van der Waals surface area contributed by atoms with Gasteiger partial charge in [-0.15, -0.1) is 0 Å². The van der Waals surface area contributed by atoms with Gasteiger partial charge in [0.1, 0.15) is 5.69 Å². The summed E-state index contributed by atoms with van der Waals surface area (Å²) in [6.45, 7) is 3.55. The summed E-state index contributed by atoms with van der Waals surface area (Å²) >= 11 is 0. The quantitative estimate of drug-likeness (QED) is 0.558. The first kappa shape index (κ1) is 6.86. The number of hydrogen-bond donors (Lipinski definition) is 1. The van der Waals surface area contributed by atoms with Gasteiger partial charge in [0.2, 0.25) is 0 Å². The van der Waals surface area contributed by atoms with Crippen molar-refractivity contribution in [3.63, 3.8) is 0 Å². The first-order valence-electron chi connectivity index (χ1n) is 4.21. The summed E-state index contributed by atoms with van der Waals surface area (Å²) < 4.78 is 0. The molecule has 2 atom stereocenters. The lowest BCUT2D eigenvalue weighted by molar-refractivity contribution is -0.804. The van der Waals surface area contributed by atoms with Gasteiger partial charge in [0.25, 0.3) is 0 Å². The number of fused-ring (bicyclic) bond motifs is 1. The Morgan fingerprint density at radius 3 is 2.82 bits per heavy atom. The van der Waals surface area contributed by atoms with Crippen LogP contribution in [0.3, 0.4) is 0 Å². The predicted molar refractivity (Wildman–Crippen MR) is 46.3 cm³/mol. The molecule has 0 spiro atoms. The lowest BCUT2D eigenvalue weighted by Crippen LogP contribution is -3.02. The maximum atomic E-state index is 2.30. The highest BCUT2D eigenvalue weighted by molar-refractivity contribution is 5.43. The molecule has 1 nitrogen and oxygen atoms in total. The van der Waals surface area contributed by atoms with E-state index in [0.29, 0.717) is 0 Å². The second-order valence-electron chi connectivity index (χ2n) is 3.47. The van der Waals surface area contributed by atoms with Crippen molar-refractivity contribution in [2.24, 2.45) is 0 Å². The number of rotatable bonds is 0. The minimum atomic E-state index is 0.742. The van der Waals surface area contributed by atoms with Crippen LogP contribution in [0.25, 0.3) is 0 Å². The van der Waals surface area contributed by atoms with E-state index in [1.54, 1.807) is 4.90 Å². The highest BCUT2D eigenvalue weighted by Crippen LogP contribution is 2.24. The third kappa shape index (κ3) is 0.962. The lowest BCUT2D eigenvalue weighted by Gasteiger charge is -2.03. The summed E-state index contributed by atoms with van der Waals surface area (Å²) in [5, 5.41) is 0. The van der Waals surface area contributed by atoms with Crippen molar-refractivity contribution in [1.29, 1.82) is 0 Å². The zero-order valence-electron chi connectivity index (χ0n) is 7.09. The van der Waals surface area contributed by atoms with E-state index in [2.05, 4.69) is 38.2 Å². The number of para-hydroxylation sites is 1. The van der Waals surface area contributed by atoms with Crippen LogP contribution in [-0.2, 0) is 0 Å². The van der Waals surface area contributed by atoms with Crippen molar-refractivity contribution < 1.29 is 4.90 Å². The molecule has 0 saturated heterocycles. The molecule has 58 valence electrons. The van der Waals surface area contributed by atoms with Crippen molar-refractivity contribution in [2.45, 2.75) is 12.8 Å². The van der Waals surface area contributed by atoms with Gasteiger partial charge in [0, 0.05) is 11.5 Å². The molecule has 1 heteroatoms. The Balaban J connectivity index is 2.52. The normalized spacial score (nSPS) is 28.5. The highest BCUT2D eigenvalue weighted by atomic mass is 15.1. The predicted octanol–water partition coefficient (Wildman–Crippen LogP) is 0.950. The van der Waals surface area contributed by atoms with Crippen molar-refractivity contribution in [3.8, 4) is 0 Å². The minimum absolute atomic E-state index is 0.742.